The highest BCUT2D eigenvalue weighted by molar-refractivity contribution is 7.99. The van der Waals surface area contributed by atoms with E-state index in [1.807, 2.05) is 24.5 Å². The molecular weight excluding hydrogens is 382 g/mol. The number of fused-ring (bicyclic) bond motifs is 2. The third kappa shape index (κ3) is 3.50. The third-order valence-electron chi connectivity index (χ3n) is 4.75. The maximum atomic E-state index is 5.44. The van der Waals surface area contributed by atoms with Crippen LogP contribution >= 0.6 is 11.8 Å². The Morgan fingerprint density at radius 1 is 1.00 bits per heavy atom. The van der Waals surface area contributed by atoms with Crippen molar-refractivity contribution in [1.29, 1.82) is 0 Å². The Bertz CT molecular complexity index is 1140. The van der Waals surface area contributed by atoms with Gasteiger partial charge in [-0.25, -0.2) is 15.0 Å². The molecule has 0 aliphatic carbocycles. The molecule has 0 radical (unpaired) electrons. The fourth-order valence-electron chi connectivity index (χ4n) is 3.43. The van der Waals surface area contributed by atoms with E-state index in [-0.39, 0.29) is 0 Å². The van der Waals surface area contributed by atoms with E-state index in [4.69, 9.17) is 4.74 Å². The molecule has 0 unspecified atom stereocenters. The van der Waals surface area contributed by atoms with Crippen molar-refractivity contribution in [3.05, 3.63) is 79.0 Å². The van der Waals surface area contributed by atoms with E-state index >= 15 is 0 Å². The van der Waals surface area contributed by atoms with E-state index in [0.717, 1.165) is 39.2 Å². The van der Waals surface area contributed by atoms with Crippen molar-refractivity contribution in [3.8, 4) is 11.3 Å². The zero-order valence-corrected chi connectivity index (χ0v) is 16.7. The lowest BCUT2D eigenvalue weighted by molar-refractivity contribution is 0.204. The summed E-state index contributed by atoms with van der Waals surface area (Å²) < 4.78 is 7.54. The molecule has 6 nitrogen and oxygen atoms in total. The number of hydrogen-bond acceptors (Lipinski definition) is 6. The van der Waals surface area contributed by atoms with Crippen molar-refractivity contribution in [2.75, 3.05) is 18.7 Å². The molecule has 0 saturated carbocycles. The number of hydrogen-bond donors (Lipinski definition) is 0. The summed E-state index contributed by atoms with van der Waals surface area (Å²) in [6, 6.07) is 16.7. The Balaban J connectivity index is 1.44. The van der Waals surface area contributed by atoms with Gasteiger partial charge in [0, 0.05) is 42.7 Å². The van der Waals surface area contributed by atoms with Crippen molar-refractivity contribution < 1.29 is 4.74 Å². The van der Waals surface area contributed by atoms with Gasteiger partial charge >= 0.3 is 0 Å². The molecule has 2 aromatic heterocycles. The van der Waals surface area contributed by atoms with Gasteiger partial charge in [0.05, 0.1) is 17.7 Å². The SMILES string of the molecule is COCN1c2cc(Cn3cnc(-c4ccccc4)c3)ccc2Sc2nccnc21. The Kier molecular flexibility index (Phi) is 4.75. The van der Waals surface area contributed by atoms with E-state index in [9.17, 15) is 0 Å². The predicted octanol–water partition coefficient (Wildman–Crippen LogP) is 4.60. The number of methoxy groups -OCH3 is 1. The molecule has 1 aliphatic heterocycles. The summed E-state index contributed by atoms with van der Waals surface area (Å²) in [5.41, 5.74) is 4.37. The van der Waals surface area contributed by atoms with Gasteiger partial charge in [0.25, 0.3) is 0 Å². The molecule has 0 bridgehead atoms. The number of imidazole rings is 1. The van der Waals surface area contributed by atoms with Crippen molar-refractivity contribution in [1.82, 2.24) is 19.5 Å². The first-order valence-electron chi connectivity index (χ1n) is 9.27. The fraction of sp³-hybridized carbons (Fsp3) is 0.136. The molecule has 2 aromatic carbocycles. The van der Waals surface area contributed by atoms with Gasteiger partial charge in [0.2, 0.25) is 0 Å². The number of anilines is 2. The zero-order chi connectivity index (χ0) is 19.6. The van der Waals surface area contributed by atoms with Crippen LogP contribution in [0.3, 0.4) is 0 Å². The number of ether oxygens (including phenoxy) is 1. The largest absolute Gasteiger partial charge is 0.364 e. The van der Waals surface area contributed by atoms with Crippen LogP contribution in [0.2, 0.25) is 0 Å². The number of rotatable bonds is 5. The molecule has 0 saturated heterocycles. The average Bonchev–Trinajstić information content (AvgIpc) is 3.23. The van der Waals surface area contributed by atoms with E-state index in [0.29, 0.717) is 6.73 Å². The monoisotopic (exact) mass is 401 g/mol. The van der Waals surface area contributed by atoms with E-state index in [1.54, 1.807) is 31.3 Å². The minimum atomic E-state index is 0.423. The Morgan fingerprint density at radius 3 is 2.72 bits per heavy atom. The fourth-order valence-corrected chi connectivity index (χ4v) is 4.41. The molecule has 0 atom stereocenters. The van der Waals surface area contributed by atoms with Crippen molar-refractivity contribution in [3.63, 3.8) is 0 Å². The maximum absolute atomic E-state index is 5.44. The summed E-state index contributed by atoms with van der Waals surface area (Å²) in [4.78, 5) is 16.8. The quantitative estimate of drug-likeness (QED) is 0.487. The lowest BCUT2D eigenvalue weighted by atomic mass is 10.1. The molecule has 0 fully saturated rings. The molecular formula is C22H19N5OS. The highest BCUT2D eigenvalue weighted by Crippen LogP contribution is 2.46. The first-order chi connectivity index (χ1) is 14.3. The molecule has 0 amide bonds. The van der Waals surface area contributed by atoms with Gasteiger partial charge in [0.15, 0.2) is 5.82 Å². The smallest absolute Gasteiger partial charge is 0.168 e. The van der Waals surface area contributed by atoms with Crippen LogP contribution in [-0.4, -0.2) is 33.4 Å². The summed E-state index contributed by atoms with van der Waals surface area (Å²) in [5, 5.41) is 0.895. The number of nitrogens with zero attached hydrogens (tertiary/aromatic N) is 5. The minimum Gasteiger partial charge on any atom is -0.364 e. The molecule has 3 heterocycles. The van der Waals surface area contributed by atoms with Crippen LogP contribution in [0.1, 0.15) is 5.56 Å². The van der Waals surface area contributed by atoms with Crippen LogP contribution in [0.25, 0.3) is 11.3 Å². The first-order valence-corrected chi connectivity index (χ1v) is 10.1. The average molecular weight is 401 g/mol. The van der Waals surface area contributed by atoms with Gasteiger partial charge in [-0.2, -0.15) is 0 Å². The van der Waals surface area contributed by atoms with Crippen molar-refractivity contribution in [2.24, 2.45) is 0 Å². The van der Waals surface area contributed by atoms with Gasteiger partial charge in [-0.3, -0.25) is 4.90 Å². The molecule has 0 spiro atoms. The van der Waals surface area contributed by atoms with Crippen LogP contribution in [0.5, 0.6) is 0 Å². The van der Waals surface area contributed by atoms with Gasteiger partial charge in [-0.15, -0.1) is 0 Å². The van der Waals surface area contributed by atoms with Crippen molar-refractivity contribution in [2.45, 2.75) is 16.5 Å². The van der Waals surface area contributed by atoms with Gasteiger partial charge in [-0.1, -0.05) is 48.2 Å². The maximum Gasteiger partial charge on any atom is 0.168 e. The summed E-state index contributed by atoms with van der Waals surface area (Å²) in [7, 11) is 1.69. The first kappa shape index (κ1) is 17.9. The molecule has 29 heavy (non-hydrogen) atoms. The molecule has 144 valence electrons. The number of aromatic nitrogens is 4. The molecule has 1 aliphatic rings. The van der Waals surface area contributed by atoms with Crippen LogP contribution in [0.4, 0.5) is 11.5 Å². The lowest BCUT2D eigenvalue weighted by Gasteiger charge is -2.30. The molecule has 4 aromatic rings. The Labute approximate surface area is 173 Å². The number of benzene rings is 2. The van der Waals surface area contributed by atoms with E-state index < -0.39 is 0 Å². The van der Waals surface area contributed by atoms with Crippen LogP contribution in [0.15, 0.2) is 83.4 Å². The van der Waals surface area contributed by atoms with Gasteiger partial charge in [-0.05, 0) is 17.7 Å². The minimum absolute atomic E-state index is 0.423. The highest BCUT2D eigenvalue weighted by Gasteiger charge is 2.25. The summed E-state index contributed by atoms with van der Waals surface area (Å²) >= 11 is 1.64. The topological polar surface area (TPSA) is 56.1 Å². The molecule has 7 heteroatoms. The van der Waals surface area contributed by atoms with Crippen LogP contribution < -0.4 is 4.90 Å². The summed E-state index contributed by atoms with van der Waals surface area (Å²) in [6.07, 6.45) is 7.40. The summed E-state index contributed by atoms with van der Waals surface area (Å²) in [6.45, 7) is 1.16. The van der Waals surface area contributed by atoms with Crippen molar-refractivity contribution >= 4 is 23.3 Å². The zero-order valence-electron chi connectivity index (χ0n) is 15.9. The molecule has 0 N–H and O–H groups in total. The van der Waals surface area contributed by atoms with Gasteiger partial charge in [0.1, 0.15) is 11.8 Å². The molecule has 5 rings (SSSR count). The predicted molar refractivity (Wildman–Crippen MR) is 113 cm³/mol. The van der Waals surface area contributed by atoms with Gasteiger partial charge < -0.3 is 9.30 Å². The second-order valence-corrected chi connectivity index (χ2v) is 7.76. The summed E-state index contributed by atoms with van der Waals surface area (Å²) in [5.74, 6) is 0.831. The van der Waals surface area contributed by atoms with E-state index in [2.05, 4.69) is 60.9 Å². The second kappa shape index (κ2) is 7.69. The standard InChI is InChI=1S/C22H19N5OS/c1-28-15-27-19-11-16(7-8-20(19)29-22-21(27)23-9-10-24-22)12-26-13-18(25-14-26)17-5-3-2-4-6-17/h2-11,13-14H,12,15H2,1H3. The lowest BCUT2D eigenvalue weighted by Crippen LogP contribution is -2.24. The van der Waals surface area contributed by atoms with Crippen LogP contribution in [-0.2, 0) is 11.3 Å². The Morgan fingerprint density at radius 2 is 1.86 bits per heavy atom. The Hall–Kier alpha value is -3.16. The van der Waals surface area contributed by atoms with Crippen LogP contribution in [0, 0.1) is 0 Å². The second-order valence-electron chi connectivity index (χ2n) is 6.73. The normalized spacial score (nSPS) is 12.5. The third-order valence-corrected chi connectivity index (χ3v) is 5.80. The highest BCUT2D eigenvalue weighted by atomic mass is 32.2. The van der Waals surface area contributed by atoms with E-state index in [1.165, 1.54) is 5.56 Å².